The maximum Gasteiger partial charge on any atom is 0.259 e. The number of H-pyrrole nitrogens is 1. The molecule has 1 saturated carbocycles. The Morgan fingerprint density at radius 2 is 2.00 bits per heavy atom. The van der Waals surface area contributed by atoms with Crippen molar-refractivity contribution in [2.45, 2.75) is 71.3 Å². The largest absolute Gasteiger partial charge is 0.309 e. The van der Waals surface area contributed by atoms with E-state index in [-0.39, 0.29) is 11.6 Å². The van der Waals surface area contributed by atoms with Crippen LogP contribution in [0.4, 0.5) is 0 Å². The number of thiophene rings is 1. The second-order valence-corrected chi connectivity index (χ2v) is 10.3. The highest BCUT2D eigenvalue weighted by atomic mass is 32.1. The van der Waals surface area contributed by atoms with Gasteiger partial charge in [-0.3, -0.25) is 9.69 Å². The molecule has 5 heteroatoms. The summed E-state index contributed by atoms with van der Waals surface area (Å²) in [5, 5.41) is 0.879. The molecule has 3 aliphatic rings. The highest BCUT2D eigenvalue weighted by Gasteiger charge is 2.34. The van der Waals surface area contributed by atoms with Crippen molar-refractivity contribution in [3.05, 3.63) is 26.6 Å². The number of likely N-dealkylation sites (tertiary alicyclic amines) is 1. The van der Waals surface area contributed by atoms with Gasteiger partial charge in [-0.05, 0) is 68.9 Å². The smallest absolute Gasteiger partial charge is 0.259 e. The minimum atomic E-state index is 0.0847. The second-order valence-electron chi connectivity index (χ2n) is 9.25. The van der Waals surface area contributed by atoms with E-state index in [1.54, 1.807) is 11.3 Å². The lowest BCUT2D eigenvalue weighted by molar-refractivity contribution is 0.0591. The molecule has 1 N–H and O–H groups in total. The predicted octanol–water partition coefficient (Wildman–Crippen LogP) is 4.68. The molecule has 4 atom stereocenters. The van der Waals surface area contributed by atoms with Gasteiger partial charge >= 0.3 is 0 Å². The van der Waals surface area contributed by atoms with Crippen molar-refractivity contribution in [3.8, 4) is 0 Å². The molecule has 2 fully saturated rings. The van der Waals surface area contributed by atoms with Crippen LogP contribution in [0, 0.1) is 17.8 Å². The number of nitrogens with one attached hydrogen (secondary N) is 1. The average molecular weight is 386 g/mol. The number of fused-ring (bicyclic) bond motifs is 4. The molecule has 2 aromatic rings. The summed E-state index contributed by atoms with van der Waals surface area (Å²) in [6.07, 6.45) is 10.3. The number of nitrogens with zero attached hydrogens (tertiary/aromatic N) is 2. The molecule has 4 nitrogen and oxygen atoms in total. The lowest BCUT2D eigenvalue weighted by Crippen LogP contribution is -2.43. The number of hydrogen-bond donors (Lipinski definition) is 1. The van der Waals surface area contributed by atoms with Gasteiger partial charge in [0, 0.05) is 11.4 Å². The van der Waals surface area contributed by atoms with Gasteiger partial charge in [0.15, 0.2) is 0 Å². The van der Waals surface area contributed by atoms with Crippen molar-refractivity contribution in [2.75, 3.05) is 13.1 Å². The summed E-state index contributed by atoms with van der Waals surface area (Å²) in [5.41, 5.74) is 1.37. The lowest BCUT2D eigenvalue weighted by Gasteiger charge is -2.43. The van der Waals surface area contributed by atoms with E-state index >= 15 is 0 Å². The van der Waals surface area contributed by atoms with Crippen LogP contribution < -0.4 is 5.56 Å². The molecule has 0 aromatic carbocycles. The first-order valence-electron chi connectivity index (χ1n) is 10.9. The molecule has 0 bridgehead atoms. The first-order valence-corrected chi connectivity index (χ1v) is 11.7. The zero-order valence-corrected chi connectivity index (χ0v) is 17.4. The maximum absolute atomic E-state index is 12.9. The standard InChI is InChI=1S/C22H31N3OS/c1-13-7-8-17-18(11-13)27-22-19(17)21(26)23-20(24-22)14(2)25-10-9-15-5-3-4-6-16(15)12-25/h13-16H,3-12H2,1-2H3,(H,23,24,26)/t13-,14+,15-,16-/m1/s1. The molecule has 5 rings (SSSR count). The Hall–Kier alpha value is -1.20. The molecule has 146 valence electrons. The first kappa shape index (κ1) is 17.9. The fourth-order valence-corrected chi connectivity index (χ4v) is 7.11. The fraction of sp³-hybridized carbons (Fsp3) is 0.727. The highest BCUT2D eigenvalue weighted by molar-refractivity contribution is 7.18. The van der Waals surface area contributed by atoms with Gasteiger partial charge in [-0.2, -0.15) is 0 Å². The average Bonchev–Trinajstić information content (AvgIpc) is 3.04. The van der Waals surface area contributed by atoms with Crippen LogP contribution in [0.25, 0.3) is 10.2 Å². The van der Waals surface area contributed by atoms with Crippen LogP contribution in [0.15, 0.2) is 4.79 Å². The summed E-state index contributed by atoms with van der Waals surface area (Å²) in [6, 6.07) is 0.197. The minimum Gasteiger partial charge on any atom is -0.309 e. The topological polar surface area (TPSA) is 49.0 Å². The fourth-order valence-electron chi connectivity index (χ4n) is 5.72. The number of aromatic amines is 1. The van der Waals surface area contributed by atoms with Gasteiger partial charge in [-0.25, -0.2) is 4.98 Å². The van der Waals surface area contributed by atoms with Gasteiger partial charge in [0.1, 0.15) is 10.7 Å². The van der Waals surface area contributed by atoms with Gasteiger partial charge in [0.2, 0.25) is 0 Å². The molecule has 0 radical (unpaired) electrons. The van der Waals surface area contributed by atoms with Crippen molar-refractivity contribution >= 4 is 21.6 Å². The Labute approximate surface area is 165 Å². The molecule has 0 unspecified atom stereocenters. The molecule has 0 amide bonds. The Balaban J connectivity index is 1.44. The number of rotatable bonds is 2. The van der Waals surface area contributed by atoms with Crippen molar-refractivity contribution in [2.24, 2.45) is 17.8 Å². The summed E-state index contributed by atoms with van der Waals surface area (Å²) in [4.78, 5) is 26.0. The normalized spacial score (nSPS) is 30.1. The molecule has 2 aromatic heterocycles. The zero-order valence-electron chi connectivity index (χ0n) is 16.6. The molecule has 1 aliphatic heterocycles. The van der Waals surface area contributed by atoms with Crippen LogP contribution in [0.5, 0.6) is 0 Å². The van der Waals surface area contributed by atoms with E-state index in [9.17, 15) is 4.79 Å². The monoisotopic (exact) mass is 385 g/mol. The van der Waals surface area contributed by atoms with E-state index < -0.39 is 0 Å². The maximum atomic E-state index is 12.9. The second kappa shape index (κ2) is 7.00. The lowest BCUT2D eigenvalue weighted by atomic mass is 9.75. The van der Waals surface area contributed by atoms with Crippen LogP contribution in [-0.2, 0) is 12.8 Å². The SMILES string of the molecule is C[C@@H]1CCc2c(sc3nc([C@H](C)N4CC[C@H]5CCCC[C@@H]5C4)[nH]c(=O)c23)C1. The van der Waals surface area contributed by atoms with Gasteiger partial charge in [-0.1, -0.05) is 26.2 Å². The quantitative estimate of drug-likeness (QED) is 0.816. The van der Waals surface area contributed by atoms with E-state index in [0.717, 1.165) is 53.2 Å². The van der Waals surface area contributed by atoms with Crippen molar-refractivity contribution in [1.29, 1.82) is 0 Å². The summed E-state index contributed by atoms with van der Waals surface area (Å²) >= 11 is 1.76. The van der Waals surface area contributed by atoms with E-state index in [2.05, 4.69) is 23.7 Å². The Bertz CT molecular complexity index is 901. The Morgan fingerprint density at radius 1 is 1.19 bits per heavy atom. The Morgan fingerprint density at radius 3 is 2.85 bits per heavy atom. The Kier molecular flexibility index (Phi) is 4.63. The number of piperidine rings is 1. The van der Waals surface area contributed by atoms with E-state index in [4.69, 9.17) is 4.98 Å². The third-order valence-corrected chi connectivity index (χ3v) is 8.60. The third-order valence-electron chi connectivity index (χ3n) is 7.45. The predicted molar refractivity (Wildman–Crippen MR) is 111 cm³/mol. The zero-order chi connectivity index (χ0) is 18.5. The van der Waals surface area contributed by atoms with Crippen molar-refractivity contribution < 1.29 is 0 Å². The van der Waals surface area contributed by atoms with Crippen LogP contribution in [0.3, 0.4) is 0 Å². The van der Waals surface area contributed by atoms with Crippen LogP contribution in [-0.4, -0.2) is 28.0 Å². The molecule has 2 aliphatic carbocycles. The molecule has 3 heterocycles. The summed E-state index contributed by atoms with van der Waals surface area (Å²) in [6.45, 7) is 6.85. The van der Waals surface area contributed by atoms with Crippen LogP contribution >= 0.6 is 11.3 Å². The first-order chi connectivity index (χ1) is 13.1. The minimum absolute atomic E-state index is 0.0847. The number of hydrogen-bond acceptors (Lipinski definition) is 4. The molecular formula is C22H31N3OS. The van der Waals surface area contributed by atoms with Crippen molar-refractivity contribution in [1.82, 2.24) is 14.9 Å². The van der Waals surface area contributed by atoms with Gasteiger partial charge in [0.25, 0.3) is 5.56 Å². The molecule has 0 spiro atoms. The summed E-state index contributed by atoms with van der Waals surface area (Å²) in [5.74, 6) is 3.37. The summed E-state index contributed by atoms with van der Waals surface area (Å²) in [7, 11) is 0. The molecule has 1 saturated heterocycles. The van der Waals surface area contributed by atoms with E-state index in [1.165, 1.54) is 55.5 Å². The van der Waals surface area contributed by atoms with Crippen LogP contribution in [0.1, 0.15) is 74.7 Å². The van der Waals surface area contributed by atoms with E-state index in [1.807, 2.05) is 0 Å². The van der Waals surface area contributed by atoms with Crippen LogP contribution in [0.2, 0.25) is 0 Å². The van der Waals surface area contributed by atoms with Gasteiger partial charge in [-0.15, -0.1) is 11.3 Å². The summed E-state index contributed by atoms with van der Waals surface area (Å²) < 4.78 is 0. The van der Waals surface area contributed by atoms with Crippen molar-refractivity contribution in [3.63, 3.8) is 0 Å². The van der Waals surface area contributed by atoms with Gasteiger partial charge in [0.05, 0.1) is 11.4 Å². The van der Waals surface area contributed by atoms with Gasteiger partial charge < -0.3 is 4.98 Å². The third kappa shape index (κ3) is 3.17. The molecule has 27 heavy (non-hydrogen) atoms. The molecular weight excluding hydrogens is 354 g/mol. The van der Waals surface area contributed by atoms with E-state index in [0.29, 0.717) is 0 Å². The number of aryl methyl sites for hydroxylation is 1. The number of aromatic nitrogens is 2. The highest BCUT2D eigenvalue weighted by Crippen LogP contribution is 2.39.